The number of halogens is 1. The van der Waals surface area contributed by atoms with Gasteiger partial charge < -0.3 is 15.8 Å². The highest BCUT2D eigenvalue weighted by molar-refractivity contribution is 5.85. The zero-order valence-electron chi connectivity index (χ0n) is 10.2. The predicted octanol–water partition coefficient (Wildman–Crippen LogP) is 0.933. The standard InChI is InChI=1S/C11H22N2O2.ClH/c1-7(2)10(12)11(14)13-9(6-15-3)8-4-5-8;/h7-10H,4-6,12H2,1-3H3,(H,13,14);1H/t9?,10-;/m0./s1. The Bertz CT molecular complexity index is 220. The summed E-state index contributed by atoms with van der Waals surface area (Å²) in [5.41, 5.74) is 5.77. The van der Waals surface area contributed by atoms with Gasteiger partial charge in [0.25, 0.3) is 0 Å². The Labute approximate surface area is 104 Å². The van der Waals surface area contributed by atoms with Crippen molar-refractivity contribution in [3.8, 4) is 0 Å². The van der Waals surface area contributed by atoms with Gasteiger partial charge in [-0.15, -0.1) is 12.4 Å². The molecule has 1 aliphatic rings. The Morgan fingerprint density at radius 2 is 2.06 bits per heavy atom. The quantitative estimate of drug-likeness (QED) is 0.737. The summed E-state index contributed by atoms with van der Waals surface area (Å²) >= 11 is 0. The molecule has 4 nitrogen and oxygen atoms in total. The van der Waals surface area contributed by atoms with Crippen LogP contribution in [0.1, 0.15) is 26.7 Å². The highest BCUT2D eigenvalue weighted by Gasteiger charge is 2.33. The predicted molar refractivity (Wildman–Crippen MR) is 66.6 cm³/mol. The van der Waals surface area contributed by atoms with E-state index in [1.807, 2.05) is 13.8 Å². The van der Waals surface area contributed by atoms with E-state index in [1.54, 1.807) is 7.11 Å². The molecule has 0 heterocycles. The number of amides is 1. The first-order chi connectivity index (χ1) is 7.06. The molecule has 1 saturated carbocycles. The lowest BCUT2D eigenvalue weighted by molar-refractivity contribution is -0.124. The second-order valence-corrected chi connectivity index (χ2v) is 4.68. The van der Waals surface area contributed by atoms with Crippen molar-refractivity contribution < 1.29 is 9.53 Å². The van der Waals surface area contributed by atoms with Crippen molar-refractivity contribution in [2.45, 2.75) is 38.8 Å². The van der Waals surface area contributed by atoms with Crippen LogP contribution in [-0.2, 0) is 9.53 Å². The van der Waals surface area contributed by atoms with Crippen molar-refractivity contribution in [3.63, 3.8) is 0 Å². The maximum absolute atomic E-state index is 11.7. The van der Waals surface area contributed by atoms with E-state index < -0.39 is 6.04 Å². The number of carbonyl (C=O) groups excluding carboxylic acids is 1. The van der Waals surface area contributed by atoms with Crippen LogP contribution in [-0.4, -0.2) is 31.7 Å². The van der Waals surface area contributed by atoms with Gasteiger partial charge in [-0.05, 0) is 24.7 Å². The van der Waals surface area contributed by atoms with E-state index in [4.69, 9.17) is 10.5 Å². The smallest absolute Gasteiger partial charge is 0.237 e. The molecule has 2 atom stereocenters. The second-order valence-electron chi connectivity index (χ2n) is 4.68. The van der Waals surface area contributed by atoms with Crippen molar-refractivity contribution in [1.82, 2.24) is 5.32 Å². The molecule has 3 N–H and O–H groups in total. The molecule has 96 valence electrons. The maximum atomic E-state index is 11.7. The second kappa shape index (κ2) is 7.09. The van der Waals surface area contributed by atoms with Crippen molar-refractivity contribution >= 4 is 18.3 Å². The number of nitrogens with one attached hydrogen (secondary N) is 1. The van der Waals surface area contributed by atoms with Gasteiger partial charge in [0.15, 0.2) is 0 Å². The Kier molecular flexibility index (Phi) is 6.95. The minimum atomic E-state index is -0.414. The molecule has 1 fully saturated rings. The first-order valence-corrected chi connectivity index (χ1v) is 5.61. The molecule has 0 aliphatic heterocycles. The molecule has 1 amide bonds. The summed E-state index contributed by atoms with van der Waals surface area (Å²) in [4.78, 5) is 11.7. The van der Waals surface area contributed by atoms with Crippen LogP contribution >= 0.6 is 12.4 Å². The summed E-state index contributed by atoms with van der Waals surface area (Å²) in [6, 6.07) is -0.268. The van der Waals surface area contributed by atoms with Crippen LogP contribution in [0.3, 0.4) is 0 Å². The highest BCUT2D eigenvalue weighted by atomic mass is 35.5. The molecule has 5 heteroatoms. The third-order valence-corrected chi connectivity index (χ3v) is 2.89. The molecular weight excluding hydrogens is 228 g/mol. The van der Waals surface area contributed by atoms with Crippen LogP contribution in [0.15, 0.2) is 0 Å². The molecule has 0 saturated heterocycles. The van der Waals surface area contributed by atoms with Gasteiger partial charge in [0.2, 0.25) is 5.91 Å². The fourth-order valence-corrected chi connectivity index (χ4v) is 1.56. The average molecular weight is 251 g/mol. The van der Waals surface area contributed by atoms with Gasteiger partial charge in [-0.25, -0.2) is 0 Å². The van der Waals surface area contributed by atoms with Gasteiger partial charge in [-0.3, -0.25) is 4.79 Å². The molecular formula is C11H23ClN2O2. The van der Waals surface area contributed by atoms with Crippen molar-refractivity contribution in [1.29, 1.82) is 0 Å². The first kappa shape index (κ1) is 15.7. The topological polar surface area (TPSA) is 64.3 Å². The zero-order chi connectivity index (χ0) is 11.4. The number of carbonyl (C=O) groups is 1. The fraction of sp³-hybridized carbons (Fsp3) is 0.909. The van der Waals surface area contributed by atoms with Gasteiger partial charge in [-0.1, -0.05) is 13.8 Å². The summed E-state index contributed by atoms with van der Waals surface area (Å²) in [7, 11) is 1.66. The molecule has 0 spiro atoms. The summed E-state index contributed by atoms with van der Waals surface area (Å²) < 4.78 is 5.09. The number of hydrogen-bond donors (Lipinski definition) is 2. The molecule has 0 aromatic rings. The fourth-order valence-electron chi connectivity index (χ4n) is 1.56. The largest absolute Gasteiger partial charge is 0.383 e. The lowest BCUT2D eigenvalue weighted by Crippen LogP contribution is -2.49. The van der Waals surface area contributed by atoms with Crippen LogP contribution < -0.4 is 11.1 Å². The van der Waals surface area contributed by atoms with E-state index in [-0.39, 0.29) is 30.3 Å². The van der Waals surface area contributed by atoms with Gasteiger partial charge in [0, 0.05) is 7.11 Å². The Hall–Kier alpha value is -0.320. The number of methoxy groups -OCH3 is 1. The van der Waals surface area contributed by atoms with Crippen LogP contribution in [0.4, 0.5) is 0 Å². The number of ether oxygens (including phenoxy) is 1. The molecule has 16 heavy (non-hydrogen) atoms. The summed E-state index contributed by atoms with van der Waals surface area (Å²) in [5.74, 6) is 0.708. The molecule has 1 rings (SSSR count). The summed E-state index contributed by atoms with van der Waals surface area (Å²) in [6.45, 7) is 4.49. The van der Waals surface area contributed by atoms with Crippen LogP contribution in [0.25, 0.3) is 0 Å². The van der Waals surface area contributed by atoms with Crippen LogP contribution in [0, 0.1) is 11.8 Å². The number of hydrogen-bond acceptors (Lipinski definition) is 3. The Morgan fingerprint density at radius 3 is 2.44 bits per heavy atom. The molecule has 0 radical (unpaired) electrons. The summed E-state index contributed by atoms with van der Waals surface area (Å²) in [6.07, 6.45) is 2.37. The number of nitrogens with two attached hydrogens (primary N) is 1. The van der Waals surface area contributed by atoms with Crippen molar-refractivity contribution in [2.75, 3.05) is 13.7 Å². The van der Waals surface area contributed by atoms with E-state index in [9.17, 15) is 4.79 Å². The Morgan fingerprint density at radius 1 is 1.50 bits per heavy atom. The van der Waals surface area contributed by atoms with E-state index >= 15 is 0 Å². The van der Waals surface area contributed by atoms with E-state index in [1.165, 1.54) is 12.8 Å². The first-order valence-electron chi connectivity index (χ1n) is 5.61. The zero-order valence-corrected chi connectivity index (χ0v) is 11.0. The lowest BCUT2D eigenvalue weighted by atomic mass is 10.0. The van der Waals surface area contributed by atoms with Crippen molar-refractivity contribution in [2.24, 2.45) is 17.6 Å². The Balaban J connectivity index is 0.00000225. The molecule has 0 aromatic heterocycles. The number of rotatable bonds is 6. The minimum Gasteiger partial charge on any atom is -0.383 e. The van der Waals surface area contributed by atoms with Crippen LogP contribution in [0.2, 0.25) is 0 Å². The average Bonchev–Trinajstić information content (AvgIpc) is 2.98. The molecule has 0 bridgehead atoms. The van der Waals surface area contributed by atoms with E-state index in [0.717, 1.165) is 0 Å². The third kappa shape index (κ3) is 4.68. The normalized spacial score (nSPS) is 18.8. The van der Waals surface area contributed by atoms with Gasteiger partial charge in [0.1, 0.15) is 0 Å². The SMILES string of the molecule is COCC(NC(=O)[C@@H](N)C(C)C)C1CC1.Cl. The summed E-state index contributed by atoms with van der Waals surface area (Å²) in [5, 5.41) is 2.97. The van der Waals surface area contributed by atoms with E-state index in [2.05, 4.69) is 5.32 Å². The molecule has 1 aliphatic carbocycles. The van der Waals surface area contributed by atoms with E-state index in [0.29, 0.717) is 12.5 Å². The third-order valence-electron chi connectivity index (χ3n) is 2.89. The van der Waals surface area contributed by atoms with Gasteiger partial charge >= 0.3 is 0 Å². The van der Waals surface area contributed by atoms with Gasteiger partial charge in [0.05, 0.1) is 18.7 Å². The van der Waals surface area contributed by atoms with Gasteiger partial charge in [-0.2, -0.15) is 0 Å². The van der Waals surface area contributed by atoms with Crippen molar-refractivity contribution in [3.05, 3.63) is 0 Å². The lowest BCUT2D eigenvalue weighted by Gasteiger charge is -2.21. The molecule has 0 aromatic carbocycles. The minimum absolute atomic E-state index is 0. The highest BCUT2D eigenvalue weighted by Crippen LogP contribution is 2.32. The molecule has 1 unspecified atom stereocenters. The van der Waals surface area contributed by atoms with Crippen LogP contribution in [0.5, 0.6) is 0 Å². The monoisotopic (exact) mass is 250 g/mol. The maximum Gasteiger partial charge on any atom is 0.237 e.